The van der Waals surface area contributed by atoms with E-state index >= 15 is 0 Å². The standard InChI is InChI=1S/C22H23ClN2O2S/c1-12(2)16-10-15(13(3)9-19(16)27-5)11-20-21(26)25-22(28-20)24-18-8-6-7-17(23)14(18)4/h6-12H,1-5H3,(H,24,25,26)/b20-11-. The van der Waals surface area contributed by atoms with Crippen molar-refractivity contribution in [1.29, 1.82) is 0 Å². The van der Waals surface area contributed by atoms with E-state index in [1.54, 1.807) is 7.11 Å². The highest BCUT2D eigenvalue weighted by Crippen LogP contribution is 2.34. The van der Waals surface area contributed by atoms with Crippen molar-refractivity contribution in [2.45, 2.75) is 33.6 Å². The Morgan fingerprint density at radius 2 is 2.00 bits per heavy atom. The maximum atomic E-state index is 12.5. The fourth-order valence-corrected chi connectivity index (χ4v) is 3.94. The van der Waals surface area contributed by atoms with Crippen LogP contribution in [-0.2, 0) is 4.79 Å². The number of carbonyl (C=O) groups is 1. The Balaban J connectivity index is 1.94. The summed E-state index contributed by atoms with van der Waals surface area (Å²) >= 11 is 7.49. The molecule has 1 aliphatic heterocycles. The number of rotatable bonds is 4. The minimum atomic E-state index is -0.148. The van der Waals surface area contributed by atoms with Crippen molar-refractivity contribution in [3.05, 3.63) is 62.5 Å². The first-order chi connectivity index (χ1) is 13.3. The fraction of sp³-hybridized carbons (Fsp3) is 0.273. The van der Waals surface area contributed by atoms with Crippen molar-refractivity contribution in [2.75, 3.05) is 7.11 Å². The molecule has 0 saturated carbocycles. The highest BCUT2D eigenvalue weighted by molar-refractivity contribution is 8.18. The topological polar surface area (TPSA) is 50.7 Å². The molecule has 1 amide bonds. The number of nitrogens with one attached hydrogen (secondary N) is 1. The maximum absolute atomic E-state index is 12.5. The monoisotopic (exact) mass is 414 g/mol. The molecule has 3 rings (SSSR count). The van der Waals surface area contributed by atoms with Gasteiger partial charge in [0, 0.05) is 5.02 Å². The first-order valence-corrected chi connectivity index (χ1v) is 10.2. The highest BCUT2D eigenvalue weighted by atomic mass is 35.5. The predicted octanol–water partition coefficient (Wildman–Crippen LogP) is 5.98. The summed E-state index contributed by atoms with van der Waals surface area (Å²) in [5.41, 5.74) is 4.81. The number of carbonyl (C=O) groups excluding carboxylic acids is 1. The molecule has 1 N–H and O–H groups in total. The minimum Gasteiger partial charge on any atom is -0.496 e. The number of hydrogen-bond acceptors (Lipinski definition) is 4. The van der Waals surface area contributed by atoms with E-state index in [1.807, 2.05) is 44.2 Å². The molecule has 28 heavy (non-hydrogen) atoms. The van der Waals surface area contributed by atoms with Gasteiger partial charge in [-0.05, 0) is 84.1 Å². The van der Waals surface area contributed by atoms with Gasteiger partial charge in [-0.25, -0.2) is 4.99 Å². The van der Waals surface area contributed by atoms with Crippen LogP contribution in [0.25, 0.3) is 6.08 Å². The highest BCUT2D eigenvalue weighted by Gasteiger charge is 2.24. The second kappa shape index (κ2) is 8.41. The summed E-state index contributed by atoms with van der Waals surface area (Å²) in [5, 5.41) is 4.04. The lowest BCUT2D eigenvalue weighted by atomic mass is 9.96. The summed E-state index contributed by atoms with van der Waals surface area (Å²) in [5.74, 6) is 1.04. The number of methoxy groups -OCH3 is 1. The molecule has 1 heterocycles. The molecule has 2 aromatic rings. The molecule has 1 aliphatic rings. The molecule has 0 aromatic heterocycles. The number of hydrogen-bond donors (Lipinski definition) is 1. The van der Waals surface area contributed by atoms with Crippen molar-refractivity contribution in [3.63, 3.8) is 0 Å². The van der Waals surface area contributed by atoms with E-state index < -0.39 is 0 Å². The summed E-state index contributed by atoms with van der Waals surface area (Å²) < 4.78 is 5.50. The predicted molar refractivity (Wildman–Crippen MR) is 119 cm³/mol. The number of amidine groups is 1. The Morgan fingerprint density at radius 1 is 1.25 bits per heavy atom. The Bertz CT molecular complexity index is 996. The third-order valence-corrected chi connectivity index (χ3v) is 5.96. The number of ether oxygens (including phenoxy) is 1. The molecule has 146 valence electrons. The van der Waals surface area contributed by atoms with Gasteiger partial charge in [0.25, 0.3) is 5.91 Å². The Kier molecular flexibility index (Phi) is 6.16. The third-order valence-electron chi connectivity index (χ3n) is 4.64. The molecule has 4 nitrogen and oxygen atoms in total. The molecule has 0 atom stereocenters. The van der Waals surface area contributed by atoms with E-state index in [2.05, 4.69) is 30.2 Å². The van der Waals surface area contributed by atoms with Gasteiger partial charge in [0.15, 0.2) is 5.17 Å². The summed E-state index contributed by atoms with van der Waals surface area (Å²) in [6, 6.07) is 9.66. The average molecular weight is 415 g/mol. The Labute approximate surface area is 175 Å². The van der Waals surface area contributed by atoms with Gasteiger partial charge in [0.1, 0.15) is 5.75 Å². The van der Waals surface area contributed by atoms with Gasteiger partial charge < -0.3 is 10.1 Å². The lowest BCUT2D eigenvalue weighted by Gasteiger charge is -2.14. The van der Waals surface area contributed by atoms with Crippen LogP contribution >= 0.6 is 23.4 Å². The van der Waals surface area contributed by atoms with Crippen molar-refractivity contribution in [3.8, 4) is 5.75 Å². The number of aryl methyl sites for hydroxylation is 1. The number of benzene rings is 2. The van der Waals surface area contributed by atoms with Crippen LogP contribution in [0.1, 0.15) is 42.0 Å². The van der Waals surface area contributed by atoms with Gasteiger partial charge >= 0.3 is 0 Å². The van der Waals surface area contributed by atoms with Crippen LogP contribution in [0.4, 0.5) is 5.69 Å². The van der Waals surface area contributed by atoms with Crippen LogP contribution in [-0.4, -0.2) is 18.2 Å². The molecular weight excluding hydrogens is 392 g/mol. The quantitative estimate of drug-likeness (QED) is 0.626. The van der Waals surface area contributed by atoms with Crippen LogP contribution in [0.2, 0.25) is 5.02 Å². The zero-order valence-corrected chi connectivity index (χ0v) is 18.2. The second-order valence-corrected chi connectivity index (χ2v) is 8.41. The number of thioether (sulfide) groups is 1. The van der Waals surface area contributed by atoms with E-state index in [4.69, 9.17) is 16.3 Å². The normalized spacial score (nSPS) is 16.9. The lowest BCUT2D eigenvalue weighted by Crippen LogP contribution is -2.19. The zero-order valence-electron chi connectivity index (χ0n) is 16.6. The van der Waals surface area contributed by atoms with Crippen LogP contribution < -0.4 is 10.1 Å². The van der Waals surface area contributed by atoms with Crippen molar-refractivity contribution < 1.29 is 9.53 Å². The van der Waals surface area contributed by atoms with E-state index in [9.17, 15) is 4.79 Å². The van der Waals surface area contributed by atoms with Gasteiger partial charge in [-0.3, -0.25) is 4.79 Å². The molecular formula is C22H23ClN2O2S. The summed E-state index contributed by atoms with van der Waals surface area (Å²) in [4.78, 5) is 17.6. The van der Waals surface area contributed by atoms with Crippen LogP contribution in [0.5, 0.6) is 5.75 Å². The number of amides is 1. The summed E-state index contributed by atoms with van der Waals surface area (Å²) in [7, 11) is 1.68. The molecule has 1 fully saturated rings. The van der Waals surface area contributed by atoms with E-state index in [1.165, 1.54) is 11.8 Å². The Morgan fingerprint density at radius 3 is 2.68 bits per heavy atom. The molecule has 2 aromatic carbocycles. The largest absolute Gasteiger partial charge is 0.496 e. The maximum Gasteiger partial charge on any atom is 0.264 e. The van der Waals surface area contributed by atoms with E-state index in [0.717, 1.165) is 33.7 Å². The summed E-state index contributed by atoms with van der Waals surface area (Å²) in [6.45, 7) is 8.17. The number of halogens is 1. The van der Waals surface area contributed by atoms with Gasteiger partial charge in [-0.1, -0.05) is 31.5 Å². The second-order valence-electron chi connectivity index (χ2n) is 6.97. The van der Waals surface area contributed by atoms with Crippen molar-refractivity contribution in [1.82, 2.24) is 5.32 Å². The van der Waals surface area contributed by atoms with Crippen LogP contribution in [0.3, 0.4) is 0 Å². The Hall–Kier alpha value is -2.24. The summed E-state index contributed by atoms with van der Waals surface area (Å²) in [6.07, 6.45) is 1.91. The van der Waals surface area contributed by atoms with E-state index in [0.29, 0.717) is 21.0 Å². The number of nitrogens with zero attached hydrogens (tertiary/aromatic N) is 1. The van der Waals surface area contributed by atoms with Crippen molar-refractivity contribution in [2.24, 2.45) is 4.99 Å². The molecule has 0 unspecified atom stereocenters. The van der Waals surface area contributed by atoms with Gasteiger partial charge in [0.05, 0.1) is 17.7 Å². The van der Waals surface area contributed by atoms with Gasteiger partial charge in [-0.2, -0.15) is 0 Å². The zero-order chi connectivity index (χ0) is 20.4. The minimum absolute atomic E-state index is 0.148. The first kappa shape index (κ1) is 20.5. The third kappa shape index (κ3) is 4.26. The van der Waals surface area contributed by atoms with Crippen LogP contribution in [0, 0.1) is 13.8 Å². The molecule has 1 saturated heterocycles. The lowest BCUT2D eigenvalue weighted by molar-refractivity contribution is -0.115. The molecule has 0 radical (unpaired) electrons. The smallest absolute Gasteiger partial charge is 0.264 e. The molecule has 0 aliphatic carbocycles. The average Bonchev–Trinajstić information content (AvgIpc) is 2.99. The molecule has 6 heteroatoms. The van der Waals surface area contributed by atoms with E-state index in [-0.39, 0.29) is 5.91 Å². The molecule has 0 spiro atoms. The van der Waals surface area contributed by atoms with Gasteiger partial charge in [-0.15, -0.1) is 0 Å². The first-order valence-electron chi connectivity index (χ1n) is 9.03. The fourth-order valence-electron chi connectivity index (χ4n) is 2.95. The van der Waals surface area contributed by atoms with Gasteiger partial charge in [0.2, 0.25) is 0 Å². The van der Waals surface area contributed by atoms with Crippen LogP contribution in [0.15, 0.2) is 40.2 Å². The number of aliphatic imine (C=N–C) groups is 1. The SMILES string of the molecule is COc1cc(C)c(/C=C2\SC(=Nc3cccc(Cl)c3C)NC2=O)cc1C(C)C. The van der Waals surface area contributed by atoms with Crippen molar-refractivity contribution >= 4 is 46.2 Å². The molecule has 0 bridgehead atoms.